The summed E-state index contributed by atoms with van der Waals surface area (Å²) in [6.45, 7) is 3.85. The molecule has 3 saturated carbocycles. The van der Waals surface area contributed by atoms with Crippen molar-refractivity contribution in [1.29, 1.82) is 0 Å². The molecule has 3 aliphatic rings. The first-order valence-electron chi connectivity index (χ1n) is 8.82. The summed E-state index contributed by atoms with van der Waals surface area (Å²) in [5, 5.41) is 9.03. The highest BCUT2D eigenvalue weighted by Gasteiger charge is 2.54. The van der Waals surface area contributed by atoms with Crippen LogP contribution in [0.2, 0.25) is 0 Å². The standard InChI is InChI=1S/C18H28O4/c1-11(2)15(8-16(19)20)22-17(21)18-5-3-4-13-6-12(9-18)7-14(13)10-18/h11-15H,3-10H2,1-2H3,(H,19,20)/t12?,13?,14?,15-,18?/m1/s1. The lowest BCUT2D eigenvalue weighted by atomic mass is 9.67. The van der Waals surface area contributed by atoms with Gasteiger partial charge >= 0.3 is 11.9 Å². The van der Waals surface area contributed by atoms with E-state index in [2.05, 4.69) is 0 Å². The summed E-state index contributed by atoms with van der Waals surface area (Å²) in [5.41, 5.74) is -0.315. The first-order chi connectivity index (χ1) is 10.4. The number of carbonyl (C=O) groups excluding carboxylic acids is 1. The summed E-state index contributed by atoms with van der Waals surface area (Å²) in [6.07, 6.45) is 7.26. The quantitative estimate of drug-likeness (QED) is 0.788. The molecule has 0 spiro atoms. The molecule has 0 aliphatic heterocycles. The number of rotatable bonds is 5. The number of hydrogen-bond acceptors (Lipinski definition) is 3. The number of ether oxygens (including phenoxy) is 1. The maximum Gasteiger partial charge on any atom is 0.312 e. The van der Waals surface area contributed by atoms with Gasteiger partial charge in [-0.05, 0) is 55.8 Å². The highest BCUT2D eigenvalue weighted by molar-refractivity contribution is 5.78. The topological polar surface area (TPSA) is 63.6 Å². The van der Waals surface area contributed by atoms with Crippen LogP contribution in [0.5, 0.6) is 0 Å². The summed E-state index contributed by atoms with van der Waals surface area (Å²) in [6, 6.07) is 0. The van der Waals surface area contributed by atoms with Gasteiger partial charge in [0.1, 0.15) is 6.10 Å². The number of esters is 1. The molecule has 0 heterocycles. The molecule has 3 rings (SSSR count). The van der Waals surface area contributed by atoms with Crippen LogP contribution in [0.25, 0.3) is 0 Å². The van der Waals surface area contributed by atoms with Crippen molar-refractivity contribution in [1.82, 2.24) is 0 Å². The zero-order valence-corrected chi connectivity index (χ0v) is 13.7. The lowest BCUT2D eigenvalue weighted by Crippen LogP contribution is -2.41. The second-order valence-corrected chi connectivity index (χ2v) is 8.22. The second kappa shape index (κ2) is 5.86. The van der Waals surface area contributed by atoms with Crippen molar-refractivity contribution in [3.05, 3.63) is 0 Å². The summed E-state index contributed by atoms with van der Waals surface area (Å²) < 4.78 is 5.74. The lowest BCUT2D eigenvalue weighted by Gasteiger charge is -2.39. The number of fused-ring (bicyclic) bond motifs is 2. The number of aliphatic carboxylic acids is 1. The molecular weight excluding hydrogens is 280 g/mol. The van der Waals surface area contributed by atoms with E-state index < -0.39 is 12.1 Å². The molecule has 0 aromatic heterocycles. The van der Waals surface area contributed by atoms with Crippen LogP contribution in [0, 0.1) is 29.1 Å². The lowest BCUT2D eigenvalue weighted by molar-refractivity contribution is -0.170. The normalized spacial score (nSPS) is 37.9. The number of hydrogen-bond donors (Lipinski definition) is 1. The Kier molecular flexibility index (Phi) is 4.21. The Bertz CT molecular complexity index is 458. The minimum Gasteiger partial charge on any atom is -0.481 e. The van der Waals surface area contributed by atoms with Crippen molar-refractivity contribution < 1.29 is 19.4 Å². The van der Waals surface area contributed by atoms with Crippen LogP contribution in [0.15, 0.2) is 0 Å². The predicted octanol–water partition coefficient (Wildman–Crippen LogP) is 3.64. The van der Waals surface area contributed by atoms with Crippen molar-refractivity contribution >= 4 is 11.9 Å². The van der Waals surface area contributed by atoms with E-state index in [4.69, 9.17) is 9.84 Å². The van der Waals surface area contributed by atoms with Crippen molar-refractivity contribution in [2.24, 2.45) is 29.1 Å². The fourth-order valence-electron chi connectivity index (χ4n) is 5.27. The monoisotopic (exact) mass is 308 g/mol. The Morgan fingerprint density at radius 1 is 1.23 bits per heavy atom. The molecule has 4 heteroatoms. The molecule has 3 bridgehead atoms. The minimum absolute atomic E-state index is 0.0373. The van der Waals surface area contributed by atoms with Crippen LogP contribution in [-0.4, -0.2) is 23.1 Å². The average Bonchev–Trinajstić information content (AvgIpc) is 2.63. The number of carboxylic acids is 1. The van der Waals surface area contributed by atoms with Crippen molar-refractivity contribution in [3.8, 4) is 0 Å². The highest BCUT2D eigenvalue weighted by atomic mass is 16.5. The van der Waals surface area contributed by atoms with Gasteiger partial charge in [0, 0.05) is 0 Å². The van der Waals surface area contributed by atoms with E-state index in [0.717, 1.165) is 31.6 Å². The highest BCUT2D eigenvalue weighted by Crippen LogP contribution is 2.59. The van der Waals surface area contributed by atoms with Gasteiger partial charge in [-0.3, -0.25) is 9.59 Å². The SMILES string of the molecule is CC(C)[C@@H](CC(=O)O)OC(=O)C12CCCC3CC(CC3C1)C2. The molecule has 4 nitrogen and oxygen atoms in total. The van der Waals surface area contributed by atoms with E-state index in [1.165, 1.54) is 19.3 Å². The number of carbonyl (C=O) groups is 2. The Hall–Kier alpha value is -1.06. The first-order valence-corrected chi connectivity index (χ1v) is 8.82. The van der Waals surface area contributed by atoms with Crippen LogP contribution < -0.4 is 0 Å². The molecule has 3 fully saturated rings. The van der Waals surface area contributed by atoms with Gasteiger partial charge in [-0.15, -0.1) is 0 Å². The summed E-state index contributed by atoms with van der Waals surface area (Å²) in [7, 11) is 0. The van der Waals surface area contributed by atoms with Crippen molar-refractivity contribution in [2.45, 2.75) is 71.3 Å². The van der Waals surface area contributed by atoms with E-state index in [-0.39, 0.29) is 23.7 Å². The molecule has 0 radical (unpaired) electrons. The predicted molar refractivity (Wildman–Crippen MR) is 82.2 cm³/mol. The molecule has 0 saturated heterocycles. The zero-order valence-electron chi connectivity index (χ0n) is 13.7. The third kappa shape index (κ3) is 2.89. The van der Waals surface area contributed by atoms with Crippen LogP contribution in [-0.2, 0) is 14.3 Å². The first kappa shape index (κ1) is 15.8. The van der Waals surface area contributed by atoms with Gasteiger partial charge in [0.25, 0.3) is 0 Å². The van der Waals surface area contributed by atoms with Gasteiger partial charge in [0.05, 0.1) is 11.8 Å². The molecule has 5 atom stereocenters. The van der Waals surface area contributed by atoms with Crippen LogP contribution in [0.3, 0.4) is 0 Å². The van der Waals surface area contributed by atoms with Crippen LogP contribution in [0.4, 0.5) is 0 Å². The van der Waals surface area contributed by atoms with Gasteiger partial charge in [-0.2, -0.15) is 0 Å². The number of carboxylic acid groups (broad SMARTS) is 1. The van der Waals surface area contributed by atoms with E-state index in [0.29, 0.717) is 11.8 Å². The smallest absolute Gasteiger partial charge is 0.312 e. The van der Waals surface area contributed by atoms with Crippen molar-refractivity contribution in [2.75, 3.05) is 0 Å². The third-order valence-electron chi connectivity index (χ3n) is 6.31. The van der Waals surface area contributed by atoms with E-state index in [9.17, 15) is 9.59 Å². The zero-order chi connectivity index (χ0) is 15.9. The summed E-state index contributed by atoms with van der Waals surface area (Å²) in [4.78, 5) is 23.9. The Balaban J connectivity index is 1.74. The average molecular weight is 308 g/mol. The Morgan fingerprint density at radius 2 is 1.95 bits per heavy atom. The molecule has 0 aromatic rings. The molecule has 124 valence electrons. The molecule has 0 amide bonds. The molecule has 22 heavy (non-hydrogen) atoms. The van der Waals surface area contributed by atoms with Gasteiger partial charge in [0.15, 0.2) is 0 Å². The van der Waals surface area contributed by atoms with Gasteiger partial charge in [0.2, 0.25) is 0 Å². The van der Waals surface area contributed by atoms with E-state index in [1.54, 1.807) is 0 Å². The molecule has 3 aliphatic carbocycles. The Labute approximate surface area is 132 Å². The van der Waals surface area contributed by atoms with Gasteiger partial charge in [-0.25, -0.2) is 0 Å². The van der Waals surface area contributed by atoms with Gasteiger partial charge in [-0.1, -0.05) is 26.7 Å². The molecule has 1 N–H and O–H groups in total. The van der Waals surface area contributed by atoms with Crippen molar-refractivity contribution in [3.63, 3.8) is 0 Å². The largest absolute Gasteiger partial charge is 0.481 e. The Morgan fingerprint density at radius 3 is 2.64 bits per heavy atom. The second-order valence-electron chi connectivity index (χ2n) is 8.22. The minimum atomic E-state index is -0.895. The fourth-order valence-corrected chi connectivity index (χ4v) is 5.27. The molecule has 0 aromatic carbocycles. The third-order valence-corrected chi connectivity index (χ3v) is 6.31. The maximum absolute atomic E-state index is 12.9. The van der Waals surface area contributed by atoms with E-state index in [1.807, 2.05) is 13.8 Å². The molecular formula is C18H28O4. The van der Waals surface area contributed by atoms with Crippen LogP contribution >= 0.6 is 0 Å². The van der Waals surface area contributed by atoms with E-state index >= 15 is 0 Å². The van der Waals surface area contributed by atoms with Gasteiger partial charge < -0.3 is 9.84 Å². The van der Waals surface area contributed by atoms with Crippen LogP contribution in [0.1, 0.15) is 65.2 Å². The molecule has 4 unspecified atom stereocenters. The maximum atomic E-state index is 12.9. The fraction of sp³-hybridized carbons (Fsp3) is 0.889. The summed E-state index contributed by atoms with van der Waals surface area (Å²) in [5.74, 6) is 1.25. The summed E-state index contributed by atoms with van der Waals surface area (Å²) >= 11 is 0.